The quantitative estimate of drug-likeness (QED) is 0.938. The van der Waals surface area contributed by atoms with Gasteiger partial charge in [0.2, 0.25) is 5.91 Å². The number of benzene rings is 2. The Morgan fingerprint density at radius 2 is 1.83 bits per heavy atom. The summed E-state index contributed by atoms with van der Waals surface area (Å²) < 4.78 is 16.3. The summed E-state index contributed by atoms with van der Waals surface area (Å²) in [4.78, 5) is 12.4. The number of hydrogen-bond donors (Lipinski definition) is 1. The predicted molar refractivity (Wildman–Crippen MR) is 89.9 cm³/mol. The highest BCUT2D eigenvalue weighted by Gasteiger charge is 2.44. The molecule has 0 bridgehead atoms. The van der Waals surface area contributed by atoms with Crippen LogP contribution in [-0.2, 0) is 4.79 Å². The van der Waals surface area contributed by atoms with Gasteiger partial charge in [0.25, 0.3) is 0 Å². The average molecular weight is 325 g/mol. The molecular formula is C19H19NO4. The molecule has 2 aromatic carbocycles. The number of amides is 1. The van der Waals surface area contributed by atoms with E-state index in [4.69, 9.17) is 14.2 Å². The van der Waals surface area contributed by atoms with Crippen LogP contribution in [-0.4, -0.2) is 26.2 Å². The zero-order valence-electron chi connectivity index (χ0n) is 13.5. The van der Waals surface area contributed by atoms with Gasteiger partial charge in [-0.3, -0.25) is 4.79 Å². The molecule has 24 heavy (non-hydrogen) atoms. The third-order valence-electron chi connectivity index (χ3n) is 4.48. The molecule has 0 spiro atoms. The Hall–Kier alpha value is -2.69. The first-order chi connectivity index (χ1) is 11.7. The molecule has 1 N–H and O–H groups in total. The fraction of sp³-hybridized carbons (Fsp3) is 0.316. The van der Waals surface area contributed by atoms with Crippen LogP contribution in [0.15, 0.2) is 42.5 Å². The molecule has 1 saturated carbocycles. The first-order valence-corrected chi connectivity index (χ1v) is 8.09. The maximum Gasteiger partial charge on any atom is 0.228 e. The van der Waals surface area contributed by atoms with Crippen molar-refractivity contribution in [1.29, 1.82) is 0 Å². The molecule has 1 amide bonds. The standard InChI is InChI=1S/C19H19NO4/c1-22-14-5-3-13(4-6-14)20-19(21)16-11-15(16)12-2-7-17-18(10-12)24-9-8-23-17/h2-7,10,15-16H,8-9,11H2,1H3,(H,20,21)/t15-,16+/m0/s1. The summed E-state index contributed by atoms with van der Waals surface area (Å²) >= 11 is 0. The third-order valence-corrected chi connectivity index (χ3v) is 4.48. The molecule has 1 heterocycles. The summed E-state index contributed by atoms with van der Waals surface area (Å²) in [6.45, 7) is 1.16. The molecule has 1 aliphatic heterocycles. The van der Waals surface area contributed by atoms with Crippen LogP contribution in [0, 0.1) is 5.92 Å². The van der Waals surface area contributed by atoms with E-state index in [1.54, 1.807) is 7.11 Å². The lowest BCUT2D eigenvalue weighted by molar-refractivity contribution is -0.117. The fourth-order valence-corrected chi connectivity index (χ4v) is 3.05. The monoisotopic (exact) mass is 325 g/mol. The molecule has 1 aliphatic carbocycles. The summed E-state index contributed by atoms with van der Waals surface area (Å²) in [5.41, 5.74) is 1.92. The summed E-state index contributed by atoms with van der Waals surface area (Å²) in [5.74, 6) is 2.65. The van der Waals surface area contributed by atoms with E-state index in [9.17, 15) is 4.79 Å². The van der Waals surface area contributed by atoms with E-state index in [0.717, 1.165) is 34.9 Å². The Morgan fingerprint density at radius 3 is 2.58 bits per heavy atom. The minimum Gasteiger partial charge on any atom is -0.497 e. The van der Waals surface area contributed by atoms with Gasteiger partial charge in [0, 0.05) is 11.6 Å². The highest BCUT2D eigenvalue weighted by molar-refractivity contribution is 5.95. The molecule has 0 saturated heterocycles. The van der Waals surface area contributed by atoms with Crippen LogP contribution >= 0.6 is 0 Å². The van der Waals surface area contributed by atoms with Crippen molar-refractivity contribution in [1.82, 2.24) is 0 Å². The van der Waals surface area contributed by atoms with Crippen LogP contribution in [0.25, 0.3) is 0 Å². The van der Waals surface area contributed by atoms with Crippen molar-refractivity contribution in [3.8, 4) is 17.2 Å². The fourth-order valence-electron chi connectivity index (χ4n) is 3.05. The number of anilines is 1. The highest BCUT2D eigenvalue weighted by Crippen LogP contribution is 2.49. The molecule has 0 radical (unpaired) electrons. The van der Waals surface area contributed by atoms with Crippen molar-refractivity contribution in [2.24, 2.45) is 5.92 Å². The van der Waals surface area contributed by atoms with Crippen LogP contribution in [0.3, 0.4) is 0 Å². The molecule has 2 atom stereocenters. The SMILES string of the molecule is COc1ccc(NC(=O)[C@@H]2C[C@H]2c2ccc3c(c2)OCCO3)cc1. The number of fused-ring (bicyclic) bond motifs is 1. The van der Waals surface area contributed by atoms with Crippen molar-refractivity contribution < 1.29 is 19.0 Å². The van der Waals surface area contributed by atoms with Crippen molar-refractivity contribution in [2.75, 3.05) is 25.6 Å². The van der Waals surface area contributed by atoms with Crippen LogP contribution < -0.4 is 19.5 Å². The lowest BCUT2D eigenvalue weighted by atomic mass is 10.1. The van der Waals surface area contributed by atoms with Gasteiger partial charge in [0.05, 0.1) is 7.11 Å². The van der Waals surface area contributed by atoms with Crippen LogP contribution in [0.4, 0.5) is 5.69 Å². The second-order valence-corrected chi connectivity index (χ2v) is 6.07. The minimum atomic E-state index is 0.00895. The first-order valence-electron chi connectivity index (χ1n) is 8.09. The van der Waals surface area contributed by atoms with Gasteiger partial charge in [-0.1, -0.05) is 6.07 Å². The summed E-state index contributed by atoms with van der Waals surface area (Å²) in [5, 5.41) is 2.97. The molecule has 5 heteroatoms. The third kappa shape index (κ3) is 2.89. The summed E-state index contributed by atoms with van der Waals surface area (Å²) in [6, 6.07) is 13.3. The van der Waals surface area contributed by atoms with Gasteiger partial charge in [0.15, 0.2) is 11.5 Å². The van der Waals surface area contributed by atoms with Crippen molar-refractivity contribution in [3.63, 3.8) is 0 Å². The van der Waals surface area contributed by atoms with Gasteiger partial charge in [0.1, 0.15) is 19.0 Å². The molecule has 2 aromatic rings. The van der Waals surface area contributed by atoms with Gasteiger partial charge in [-0.2, -0.15) is 0 Å². The molecule has 5 nitrogen and oxygen atoms in total. The second kappa shape index (κ2) is 6.07. The molecule has 0 unspecified atom stereocenters. The minimum absolute atomic E-state index is 0.00895. The van der Waals surface area contributed by atoms with Crippen molar-refractivity contribution >= 4 is 11.6 Å². The van der Waals surface area contributed by atoms with Crippen molar-refractivity contribution in [3.05, 3.63) is 48.0 Å². The van der Waals surface area contributed by atoms with Gasteiger partial charge < -0.3 is 19.5 Å². The number of rotatable bonds is 4. The Labute approximate surface area is 140 Å². The van der Waals surface area contributed by atoms with E-state index in [1.807, 2.05) is 42.5 Å². The number of carbonyl (C=O) groups is 1. The molecule has 2 aliphatic rings. The maximum atomic E-state index is 12.4. The average Bonchev–Trinajstić information content (AvgIpc) is 3.43. The lowest BCUT2D eigenvalue weighted by Crippen LogP contribution is -2.16. The predicted octanol–water partition coefficient (Wildman–Crippen LogP) is 3.21. The molecule has 4 rings (SSSR count). The van der Waals surface area contributed by atoms with Crippen LogP contribution in [0.1, 0.15) is 17.9 Å². The van der Waals surface area contributed by atoms with E-state index in [-0.39, 0.29) is 17.7 Å². The van der Waals surface area contributed by atoms with Crippen molar-refractivity contribution in [2.45, 2.75) is 12.3 Å². The Balaban J connectivity index is 1.41. The molecule has 124 valence electrons. The Morgan fingerprint density at radius 1 is 1.08 bits per heavy atom. The number of hydrogen-bond acceptors (Lipinski definition) is 4. The van der Waals surface area contributed by atoms with Gasteiger partial charge in [-0.25, -0.2) is 0 Å². The first kappa shape index (κ1) is 14.9. The number of ether oxygens (including phenoxy) is 3. The van der Waals surface area contributed by atoms with E-state index in [2.05, 4.69) is 5.32 Å². The van der Waals surface area contributed by atoms with Gasteiger partial charge >= 0.3 is 0 Å². The zero-order chi connectivity index (χ0) is 16.5. The smallest absolute Gasteiger partial charge is 0.228 e. The normalized spacial score (nSPS) is 21.0. The Bertz CT molecular complexity index is 756. The second-order valence-electron chi connectivity index (χ2n) is 6.07. The maximum absolute atomic E-state index is 12.4. The molecule has 1 fully saturated rings. The van der Waals surface area contributed by atoms with E-state index >= 15 is 0 Å². The topological polar surface area (TPSA) is 56.8 Å². The largest absolute Gasteiger partial charge is 0.497 e. The summed E-state index contributed by atoms with van der Waals surface area (Å²) in [7, 11) is 1.62. The van der Waals surface area contributed by atoms with E-state index in [1.165, 1.54) is 0 Å². The van der Waals surface area contributed by atoms with Gasteiger partial charge in [-0.15, -0.1) is 0 Å². The highest BCUT2D eigenvalue weighted by atomic mass is 16.6. The van der Waals surface area contributed by atoms with Crippen LogP contribution in [0.2, 0.25) is 0 Å². The van der Waals surface area contributed by atoms with E-state index < -0.39 is 0 Å². The van der Waals surface area contributed by atoms with E-state index in [0.29, 0.717) is 13.2 Å². The van der Waals surface area contributed by atoms with Gasteiger partial charge in [-0.05, 0) is 54.3 Å². The van der Waals surface area contributed by atoms with Crippen LogP contribution in [0.5, 0.6) is 17.2 Å². The number of carbonyl (C=O) groups excluding carboxylic acids is 1. The summed E-state index contributed by atoms with van der Waals surface area (Å²) in [6.07, 6.45) is 0.863. The molecule has 0 aromatic heterocycles. The lowest BCUT2D eigenvalue weighted by Gasteiger charge is -2.18. The number of methoxy groups -OCH3 is 1. The number of nitrogens with one attached hydrogen (secondary N) is 1. The molecular weight excluding hydrogens is 306 g/mol. The Kier molecular flexibility index (Phi) is 3.76. The zero-order valence-corrected chi connectivity index (χ0v) is 13.5.